The molecule has 4 heteroatoms. The lowest BCUT2D eigenvalue weighted by Crippen LogP contribution is -2.34. The molecule has 1 rings (SSSR count). The number of hydrogen-bond donors (Lipinski definition) is 0. The Hall–Kier alpha value is -0.610. The first-order valence-electron chi connectivity index (χ1n) is 4.71. The molecule has 1 atom stereocenters. The molecule has 1 fully saturated rings. The lowest BCUT2D eigenvalue weighted by atomic mass is 9.88. The van der Waals surface area contributed by atoms with Gasteiger partial charge in [0.15, 0.2) is 5.79 Å². The fourth-order valence-electron chi connectivity index (χ4n) is 2.09. The van der Waals surface area contributed by atoms with Gasteiger partial charge in [-0.05, 0) is 13.3 Å². The molecule has 0 spiro atoms. The highest BCUT2D eigenvalue weighted by atomic mass is 16.7. The van der Waals surface area contributed by atoms with E-state index in [0.29, 0.717) is 6.42 Å². The van der Waals surface area contributed by atoms with Crippen molar-refractivity contribution in [2.24, 2.45) is 5.41 Å². The largest absolute Gasteiger partial charge is 0.469 e. The highest BCUT2D eigenvalue weighted by molar-refractivity contribution is 5.76. The lowest BCUT2D eigenvalue weighted by molar-refractivity contribution is -0.207. The number of carbonyl (C=O) groups excluding carboxylic acids is 1. The number of esters is 1. The van der Waals surface area contributed by atoms with Crippen molar-refractivity contribution in [1.82, 2.24) is 0 Å². The molecule has 4 nitrogen and oxygen atoms in total. The van der Waals surface area contributed by atoms with E-state index in [9.17, 15) is 4.79 Å². The molecular weight excluding hydrogens is 184 g/mol. The summed E-state index contributed by atoms with van der Waals surface area (Å²) in [5, 5.41) is 0. The molecule has 0 bridgehead atoms. The van der Waals surface area contributed by atoms with E-state index < -0.39 is 11.2 Å². The molecule has 0 aromatic heterocycles. The van der Waals surface area contributed by atoms with Gasteiger partial charge in [-0.3, -0.25) is 4.79 Å². The normalized spacial score (nSPS) is 30.3. The summed E-state index contributed by atoms with van der Waals surface area (Å²) in [6.07, 6.45) is 2.02. The van der Waals surface area contributed by atoms with Crippen molar-refractivity contribution in [1.29, 1.82) is 0 Å². The zero-order valence-electron chi connectivity index (χ0n) is 9.25. The maximum Gasteiger partial charge on any atom is 0.311 e. The molecular formula is C10H18O4. The minimum Gasteiger partial charge on any atom is -0.469 e. The molecule has 0 aromatic carbocycles. The summed E-state index contributed by atoms with van der Waals surface area (Å²) >= 11 is 0. The van der Waals surface area contributed by atoms with Crippen LogP contribution in [0.15, 0.2) is 0 Å². The quantitative estimate of drug-likeness (QED) is 0.511. The van der Waals surface area contributed by atoms with Gasteiger partial charge in [-0.2, -0.15) is 0 Å². The maximum atomic E-state index is 11.5. The Morgan fingerprint density at radius 3 is 2.07 bits per heavy atom. The average Bonchev–Trinajstić information content (AvgIpc) is 2.57. The van der Waals surface area contributed by atoms with Crippen molar-refractivity contribution in [3.63, 3.8) is 0 Å². The first-order valence-corrected chi connectivity index (χ1v) is 4.71. The first kappa shape index (κ1) is 11.5. The summed E-state index contributed by atoms with van der Waals surface area (Å²) in [6.45, 7) is 1.89. The Kier molecular flexibility index (Phi) is 3.17. The van der Waals surface area contributed by atoms with Gasteiger partial charge < -0.3 is 14.2 Å². The minimum absolute atomic E-state index is 0.187. The van der Waals surface area contributed by atoms with Crippen molar-refractivity contribution in [3.8, 4) is 0 Å². The SMILES string of the molecule is COC(=O)C1(C)CCC(OC)(OC)C1. The summed E-state index contributed by atoms with van der Waals surface area (Å²) in [6, 6.07) is 0. The molecule has 0 radical (unpaired) electrons. The molecule has 1 aliphatic carbocycles. The monoisotopic (exact) mass is 202 g/mol. The molecule has 1 saturated carbocycles. The highest BCUT2D eigenvalue weighted by Crippen LogP contribution is 2.46. The van der Waals surface area contributed by atoms with E-state index in [2.05, 4.69) is 0 Å². The van der Waals surface area contributed by atoms with Crippen molar-refractivity contribution >= 4 is 5.97 Å². The molecule has 1 aliphatic rings. The summed E-state index contributed by atoms with van der Waals surface area (Å²) in [4.78, 5) is 11.5. The fraction of sp³-hybridized carbons (Fsp3) is 0.900. The van der Waals surface area contributed by atoms with E-state index >= 15 is 0 Å². The van der Waals surface area contributed by atoms with Gasteiger partial charge in [0, 0.05) is 27.1 Å². The third-order valence-corrected chi connectivity index (χ3v) is 3.14. The second-order valence-electron chi connectivity index (χ2n) is 4.05. The van der Waals surface area contributed by atoms with Gasteiger partial charge in [0.2, 0.25) is 0 Å². The van der Waals surface area contributed by atoms with Crippen LogP contribution in [0, 0.1) is 5.41 Å². The molecule has 0 saturated heterocycles. The Labute approximate surface area is 84.5 Å². The maximum absolute atomic E-state index is 11.5. The molecule has 82 valence electrons. The van der Waals surface area contributed by atoms with Crippen molar-refractivity contribution in [2.75, 3.05) is 21.3 Å². The highest BCUT2D eigenvalue weighted by Gasteiger charge is 2.51. The number of carbonyl (C=O) groups is 1. The smallest absolute Gasteiger partial charge is 0.311 e. The Morgan fingerprint density at radius 1 is 1.14 bits per heavy atom. The number of methoxy groups -OCH3 is 3. The number of hydrogen-bond acceptors (Lipinski definition) is 4. The average molecular weight is 202 g/mol. The van der Waals surface area contributed by atoms with E-state index in [1.54, 1.807) is 14.2 Å². The zero-order chi connectivity index (χ0) is 10.8. The predicted molar refractivity (Wildman–Crippen MR) is 50.7 cm³/mol. The lowest BCUT2D eigenvalue weighted by Gasteiger charge is -2.28. The molecule has 0 amide bonds. The Balaban J connectivity index is 2.76. The summed E-state index contributed by atoms with van der Waals surface area (Å²) < 4.78 is 15.4. The van der Waals surface area contributed by atoms with E-state index in [4.69, 9.17) is 14.2 Å². The molecule has 1 unspecified atom stereocenters. The van der Waals surface area contributed by atoms with Gasteiger partial charge in [-0.15, -0.1) is 0 Å². The van der Waals surface area contributed by atoms with Gasteiger partial charge in [0.25, 0.3) is 0 Å². The van der Waals surface area contributed by atoms with Gasteiger partial charge in [0.05, 0.1) is 12.5 Å². The topological polar surface area (TPSA) is 44.8 Å². The van der Waals surface area contributed by atoms with Gasteiger partial charge in [-0.1, -0.05) is 0 Å². The van der Waals surface area contributed by atoms with E-state index in [1.165, 1.54) is 7.11 Å². The van der Waals surface area contributed by atoms with Gasteiger partial charge in [0.1, 0.15) is 0 Å². The Morgan fingerprint density at radius 2 is 1.71 bits per heavy atom. The predicted octanol–water partition coefficient (Wildman–Crippen LogP) is 1.34. The summed E-state index contributed by atoms with van der Waals surface area (Å²) in [5.41, 5.74) is -0.471. The Bertz CT molecular complexity index is 222. The van der Waals surface area contributed by atoms with Crippen LogP contribution >= 0.6 is 0 Å². The van der Waals surface area contributed by atoms with Crippen molar-refractivity contribution in [3.05, 3.63) is 0 Å². The van der Waals surface area contributed by atoms with Crippen LogP contribution in [-0.2, 0) is 19.0 Å². The van der Waals surface area contributed by atoms with Crippen LogP contribution in [0.4, 0.5) is 0 Å². The minimum atomic E-state index is -0.608. The van der Waals surface area contributed by atoms with Crippen LogP contribution in [0.3, 0.4) is 0 Å². The van der Waals surface area contributed by atoms with Crippen LogP contribution in [-0.4, -0.2) is 33.1 Å². The van der Waals surface area contributed by atoms with E-state index in [0.717, 1.165) is 12.8 Å². The standard InChI is InChI=1S/C10H18O4/c1-9(8(11)12-2)5-6-10(7-9,13-3)14-4/h5-7H2,1-4H3. The molecule has 0 N–H and O–H groups in total. The second-order valence-corrected chi connectivity index (χ2v) is 4.05. The van der Waals surface area contributed by atoms with Crippen molar-refractivity contribution in [2.45, 2.75) is 32.0 Å². The van der Waals surface area contributed by atoms with Crippen molar-refractivity contribution < 1.29 is 19.0 Å². The number of rotatable bonds is 3. The third-order valence-electron chi connectivity index (χ3n) is 3.14. The molecule has 0 aliphatic heterocycles. The van der Waals surface area contributed by atoms with Crippen LogP contribution < -0.4 is 0 Å². The second kappa shape index (κ2) is 3.87. The van der Waals surface area contributed by atoms with Crippen LogP contribution in [0.5, 0.6) is 0 Å². The van der Waals surface area contributed by atoms with Crippen LogP contribution in [0.2, 0.25) is 0 Å². The molecule has 14 heavy (non-hydrogen) atoms. The third kappa shape index (κ3) is 1.77. The molecule has 0 heterocycles. The summed E-state index contributed by atoms with van der Waals surface area (Å²) in [7, 11) is 4.62. The summed E-state index contributed by atoms with van der Waals surface area (Å²) in [5.74, 6) is -0.795. The van der Waals surface area contributed by atoms with Gasteiger partial charge in [-0.25, -0.2) is 0 Å². The fourth-order valence-corrected chi connectivity index (χ4v) is 2.09. The van der Waals surface area contributed by atoms with Crippen LogP contribution in [0.25, 0.3) is 0 Å². The van der Waals surface area contributed by atoms with Crippen LogP contribution in [0.1, 0.15) is 26.2 Å². The van der Waals surface area contributed by atoms with E-state index in [1.807, 2.05) is 6.92 Å². The van der Waals surface area contributed by atoms with Gasteiger partial charge >= 0.3 is 5.97 Å². The first-order chi connectivity index (χ1) is 6.52. The zero-order valence-corrected chi connectivity index (χ0v) is 9.25. The number of ether oxygens (including phenoxy) is 3. The van der Waals surface area contributed by atoms with E-state index in [-0.39, 0.29) is 5.97 Å². The molecule has 0 aromatic rings.